The first kappa shape index (κ1) is 44.9. The minimum absolute atomic E-state index is 0.0657. The summed E-state index contributed by atoms with van der Waals surface area (Å²) in [5, 5.41) is 71.8. The van der Waals surface area contributed by atoms with Gasteiger partial charge >= 0.3 is 5.97 Å². The van der Waals surface area contributed by atoms with E-state index < -0.39 is 102 Å². The number of aliphatic hydroxyl groups excluding tert-OH is 3. The van der Waals surface area contributed by atoms with E-state index in [4.69, 9.17) is 28.4 Å². The van der Waals surface area contributed by atoms with E-state index in [0.717, 1.165) is 0 Å². The number of methoxy groups -OCH3 is 1. The second-order valence-electron chi connectivity index (χ2n) is 16.6. The molecule has 0 spiro atoms. The lowest BCUT2D eigenvalue weighted by molar-refractivity contribution is -0.317. The molecule has 6 N–H and O–H groups in total. The van der Waals surface area contributed by atoms with Crippen LogP contribution in [0.2, 0.25) is 0 Å². The van der Waals surface area contributed by atoms with Crippen molar-refractivity contribution in [3.05, 3.63) is 0 Å². The molecular weight excluding hydrogens is 680 g/mol. The monoisotopic (exact) mass is 748 g/mol. The topological polar surface area (TPSA) is 209 Å². The van der Waals surface area contributed by atoms with Crippen LogP contribution >= 0.6 is 0 Å². The summed E-state index contributed by atoms with van der Waals surface area (Å²) in [6.45, 7) is 16.6. The van der Waals surface area contributed by atoms with E-state index in [1.54, 1.807) is 55.4 Å². The van der Waals surface area contributed by atoms with Crippen LogP contribution in [0.5, 0.6) is 0 Å². The molecular formula is C37H68N2O13. The summed E-state index contributed by atoms with van der Waals surface area (Å²) in [7, 11) is 5.19. The largest absolute Gasteiger partial charge is 0.459 e. The van der Waals surface area contributed by atoms with Gasteiger partial charge in [-0.1, -0.05) is 32.9 Å². The van der Waals surface area contributed by atoms with Gasteiger partial charge in [-0.3, -0.25) is 4.79 Å². The molecule has 3 saturated heterocycles. The third kappa shape index (κ3) is 9.47. The number of hydrogen-bond donors (Lipinski definition) is 6. The maximum Gasteiger partial charge on any atom is 0.311 e. The fourth-order valence-electron chi connectivity index (χ4n) is 8.61. The second-order valence-corrected chi connectivity index (χ2v) is 16.6. The molecule has 3 aliphatic heterocycles. The number of hydrogen-bond acceptors (Lipinski definition) is 15. The van der Waals surface area contributed by atoms with Crippen molar-refractivity contribution in [2.45, 2.75) is 179 Å². The molecule has 0 saturated carbocycles. The third-order valence-corrected chi connectivity index (χ3v) is 12.0. The fraction of sp³-hybridized carbons (Fsp3) is 0.946. The van der Waals surface area contributed by atoms with Crippen molar-refractivity contribution < 1.29 is 64.0 Å². The van der Waals surface area contributed by atoms with Gasteiger partial charge < -0.3 is 64.1 Å². The Labute approximate surface area is 309 Å². The van der Waals surface area contributed by atoms with Crippen LogP contribution in [0.3, 0.4) is 0 Å². The maximum absolute atomic E-state index is 14.1. The molecule has 0 radical (unpaired) electrons. The molecule has 3 heterocycles. The number of carbonyl (C=O) groups is 1. The zero-order valence-corrected chi connectivity index (χ0v) is 33.4. The Morgan fingerprint density at radius 3 is 2.08 bits per heavy atom. The van der Waals surface area contributed by atoms with Crippen LogP contribution in [0.1, 0.15) is 94.9 Å². The summed E-state index contributed by atoms with van der Waals surface area (Å²) in [6.07, 6.45) is -9.51. The zero-order chi connectivity index (χ0) is 39.7. The molecule has 3 fully saturated rings. The number of ether oxygens (including phenoxy) is 6. The van der Waals surface area contributed by atoms with Gasteiger partial charge in [0.2, 0.25) is 0 Å². The first-order valence-corrected chi connectivity index (χ1v) is 18.7. The Hall–Kier alpha value is -1.50. The predicted octanol–water partition coefficient (Wildman–Crippen LogP) is 2.05. The van der Waals surface area contributed by atoms with Crippen molar-refractivity contribution in [1.29, 1.82) is 0 Å². The van der Waals surface area contributed by atoms with Crippen LogP contribution in [0, 0.1) is 23.7 Å². The SMILES string of the molecule is CC[C@H]1OC(=O)[C@H](C)[C@@H](OC2CC(C)(OC)C(O)C(C)O2)[C@H](C)[C@@H](OC2OC(C)CC(N(C)C)C2O)[C@](C)(O)C[C@@H](C)C(=NO)[C@H](C)[C@@H](O)[C@]1(C)O. The zero-order valence-electron chi connectivity index (χ0n) is 33.4. The predicted molar refractivity (Wildman–Crippen MR) is 190 cm³/mol. The lowest BCUT2D eigenvalue weighted by atomic mass is 9.73. The summed E-state index contributed by atoms with van der Waals surface area (Å²) in [5.74, 6) is -4.24. The Balaban J connectivity index is 2.21. The second kappa shape index (κ2) is 17.5. The van der Waals surface area contributed by atoms with Crippen LogP contribution in [0.15, 0.2) is 5.16 Å². The van der Waals surface area contributed by atoms with Gasteiger partial charge in [0.15, 0.2) is 12.6 Å². The normalized spacial score (nSPS) is 49.8. The highest BCUT2D eigenvalue weighted by Gasteiger charge is 2.53. The van der Waals surface area contributed by atoms with Crippen LogP contribution in [-0.2, 0) is 33.2 Å². The lowest BCUT2D eigenvalue weighted by Gasteiger charge is -2.49. The molecule has 0 aliphatic carbocycles. The molecule has 3 rings (SSSR count). The molecule has 15 heteroatoms. The van der Waals surface area contributed by atoms with Crippen molar-refractivity contribution in [1.82, 2.24) is 4.90 Å². The standard InChI is InChI=1S/C37H68N2O13/c1-14-25-37(10,45)30(41)20(4)27(38-46)18(2)16-35(8,44)32(52-34-28(40)24(39(11)12)15-19(3)48-34)21(5)29(22(6)33(43)50-25)51-26-17-36(9,47-13)31(42)23(7)49-26/h18-26,28-32,34,40-42,44-46H,14-17H2,1-13H3/t18-,19?,20+,21+,22-,23?,24?,25-,26?,28?,29+,30-,31?,32-,34?,35-,36?,37-/m1/s1. The Bertz CT molecular complexity index is 1200. The van der Waals surface area contributed by atoms with Crippen molar-refractivity contribution in [2.75, 3.05) is 21.2 Å². The van der Waals surface area contributed by atoms with Gasteiger partial charge in [-0.05, 0) is 74.9 Å². The highest BCUT2D eigenvalue weighted by atomic mass is 16.7. The van der Waals surface area contributed by atoms with E-state index in [9.17, 15) is 35.5 Å². The number of esters is 1. The fourth-order valence-corrected chi connectivity index (χ4v) is 8.61. The van der Waals surface area contributed by atoms with Gasteiger partial charge in [-0.25, -0.2) is 0 Å². The Morgan fingerprint density at radius 1 is 0.923 bits per heavy atom. The van der Waals surface area contributed by atoms with Crippen LogP contribution in [0.4, 0.5) is 0 Å². The van der Waals surface area contributed by atoms with Gasteiger partial charge in [-0.15, -0.1) is 0 Å². The molecule has 0 bridgehead atoms. The van der Waals surface area contributed by atoms with Gasteiger partial charge in [0, 0.05) is 37.3 Å². The molecule has 15 nitrogen and oxygen atoms in total. The Morgan fingerprint density at radius 2 is 1.54 bits per heavy atom. The highest BCUT2D eigenvalue weighted by Crippen LogP contribution is 2.41. The minimum atomic E-state index is -1.97. The molecule has 0 aromatic carbocycles. The van der Waals surface area contributed by atoms with E-state index in [1.807, 2.05) is 25.9 Å². The molecule has 52 heavy (non-hydrogen) atoms. The summed E-state index contributed by atoms with van der Waals surface area (Å²) in [6, 6.07) is -0.322. The maximum atomic E-state index is 14.1. The average Bonchev–Trinajstić information content (AvgIpc) is 3.06. The third-order valence-electron chi connectivity index (χ3n) is 12.0. The molecule has 0 aromatic heterocycles. The number of oxime groups is 1. The number of carbonyl (C=O) groups excluding carboxylic acids is 1. The number of likely N-dealkylation sites (N-methyl/N-ethyl adjacent to an activating group) is 1. The van der Waals surface area contributed by atoms with Gasteiger partial charge in [0.25, 0.3) is 0 Å². The summed E-state index contributed by atoms with van der Waals surface area (Å²) >= 11 is 0. The van der Waals surface area contributed by atoms with Crippen molar-refractivity contribution in [2.24, 2.45) is 28.8 Å². The number of aliphatic hydroxyl groups is 5. The number of rotatable bonds is 7. The Kier molecular flexibility index (Phi) is 15.1. The number of nitrogens with zero attached hydrogens (tertiary/aromatic N) is 2. The smallest absolute Gasteiger partial charge is 0.311 e. The van der Waals surface area contributed by atoms with E-state index >= 15 is 0 Å². The quantitative estimate of drug-likeness (QED) is 0.125. The van der Waals surface area contributed by atoms with Gasteiger partial charge in [0.1, 0.15) is 23.9 Å². The average molecular weight is 749 g/mol. The number of cyclic esters (lactones) is 1. The van der Waals surface area contributed by atoms with Crippen molar-refractivity contribution in [3.8, 4) is 0 Å². The van der Waals surface area contributed by atoms with E-state index in [1.165, 1.54) is 14.0 Å². The van der Waals surface area contributed by atoms with Gasteiger partial charge in [0.05, 0.1) is 53.4 Å². The lowest BCUT2D eigenvalue weighted by Crippen LogP contribution is -2.61. The van der Waals surface area contributed by atoms with Gasteiger partial charge in [-0.2, -0.15) is 0 Å². The van der Waals surface area contributed by atoms with Crippen molar-refractivity contribution >= 4 is 11.7 Å². The molecule has 0 aromatic rings. The van der Waals surface area contributed by atoms with E-state index in [2.05, 4.69) is 5.16 Å². The first-order valence-electron chi connectivity index (χ1n) is 18.7. The molecule has 18 atom stereocenters. The minimum Gasteiger partial charge on any atom is -0.459 e. The molecule has 304 valence electrons. The molecule has 0 amide bonds. The van der Waals surface area contributed by atoms with Crippen LogP contribution in [0.25, 0.3) is 0 Å². The first-order chi connectivity index (χ1) is 24.0. The summed E-state index contributed by atoms with van der Waals surface area (Å²) in [5.41, 5.74) is -4.68. The highest BCUT2D eigenvalue weighted by molar-refractivity contribution is 5.88. The molecule has 8 unspecified atom stereocenters. The summed E-state index contributed by atoms with van der Waals surface area (Å²) < 4.78 is 37.2. The molecule has 3 aliphatic rings. The van der Waals surface area contributed by atoms with Crippen molar-refractivity contribution in [3.63, 3.8) is 0 Å². The van der Waals surface area contributed by atoms with Crippen LogP contribution in [-0.4, -0.2) is 153 Å². The van der Waals surface area contributed by atoms with E-state index in [-0.39, 0.29) is 37.1 Å². The van der Waals surface area contributed by atoms with E-state index in [0.29, 0.717) is 6.42 Å². The summed E-state index contributed by atoms with van der Waals surface area (Å²) in [4.78, 5) is 16.0. The van der Waals surface area contributed by atoms with Crippen LogP contribution < -0.4 is 0 Å².